The van der Waals surface area contributed by atoms with Crippen molar-refractivity contribution in [1.82, 2.24) is 4.90 Å². The number of nitrogens with zero attached hydrogens (tertiary/aromatic N) is 1. The second-order valence-electron chi connectivity index (χ2n) is 5.95. The van der Waals surface area contributed by atoms with Crippen molar-refractivity contribution in [3.8, 4) is 11.5 Å². The lowest BCUT2D eigenvalue weighted by atomic mass is 9.80. The molecule has 1 aromatic rings. The molecule has 4 rings (SSSR count). The van der Waals surface area contributed by atoms with Gasteiger partial charge in [-0.05, 0) is 18.1 Å². The Hall–Kier alpha value is -2.49. The van der Waals surface area contributed by atoms with Gasteiger partial charge in [-0.15, -0.1) is 0 Å². The van der Waals surface area contributed by atoms with Crippen molar-refractivity contribution in [2.45, 2.75) is 25.4 Å². The number of hydrogen-bond acceptors (Lipinski definition) is 5. The molecule has 112 valence electrons. The monoisotopic (exact) mass is 298 g/mol. The van der Waals surface area contributed by atoms with E-state index in [1.165, 1.54) is 6.07 Å². The van der Waals surface area contributed by atoms with Crippen LogP contribution in [0.25, 0.3) is 0 Å². The number of aromatic hydroxyl groups is 2. The van der Waals surface area contributed by atoms with Crippen molar-refractivity contribution < 1.29 is 20.4 Å². The van der Waals surface area contributed by atoms with Gasteiger partial charge in [0.15, 0.2) is 11.5 Å². The zero-order valence-electron chi connectivity index (χ0n) is 11.9. The maximum atomic E-state index is 10.1. The summed E-state index contributed by atoms with van der Waals surface area (Å²) in [7, 11) is 0. The van der Waals surface area contributed by atoms with Crippen molar-refractivity contribution in [1.29, 1.82) is 0 Å². The summed E-state index contributed by atoms with van der Waals surface area (Å²) in [5.74, 6) is -0.492. The van der Waals surface area contributed by atoms with E-state index >= 15 is 0 Å². The van der Waals surface area contributed by atoms with E-state index in [0.29, 0.717) is 13.0 Å². The second-order valence-corrected chi connectivity index (χ2v) is 5.95. The first kappa shape index (κ1) is 13.2. The highest BCUT2D eigenvalue weighted by Crippen LogP contribution is 2.42. The van der Waals surface area contributed by atoms with Gasteiger partial charge in [-0.3, -0.25) is 4.90 Å². The molecule has 2 heterocycles. The van der Waals surface area contributed by atoms with Crippen LogP contribution in [0, 0.1) is 6.08 Å². The van der Waals surface area contributed by atoms with Gasteiger partial charge < -0.3 is 20.4 Å². The lowest BCUT2D eigenvalue weighted by Gasteiger charge is -2.40. The molecule has 0 spiro atoms. The highest BCUT2D eigenvalue weighted by Gasteiger charge is 2.41. The van der Waals surface area contributed by atoms with Gasteiger partial charge in [-0.2, -0.15) is 0 Å². The van der Waals surface area contributed by atoms with Gasteiger partial charge in [0.25, 0.3) is 5.76 Å². The number of fused-ring (bicyclic) bond motifs is 4. The first-order valence-electron chi connectivity index (χ1n) is 7.28. The van der Waals surface area contributed by atoms with E-state index in [9.17, 15) is 20.4 Å². The van der Waals surface area contributed by atoms with Crippen LogP contribution in [0.15, 0.2) is 40.9 Å². The average molecular weight is 298 g/mol. The third-order valence-corrected chi connectivity index (χ3v) is 4.73. The Balaban J connectivity index is 1.77. The Morgan fingerprint density at radius 3 is 2.77 bits per heavy atom. The first-order valence-corrected chi connectivity index (χ1v) is 7.28. The van der Waals surface area contributed by atoms with E-state index in [0.717, 1.165) is 35.2 Å². The van der Waals surface area contributed by atoms with Gasteiger partial charge >= 0.3 is 5.76 Å². The van der Waals surface area contributed by atoms with Crippen LogP contribution in [-0.4, -0.2) is 37.9 Å². The number of hydrogen-bond donors (Lipinski definition) is 4. The van der Waals surface area contributed by atoms with Gasteiger partial charge in [-0.25, -0.2) is 0 Å². The molecule has 1 aliphatic carbocycles. The fraction of sp³-hybridized carbons (Fsp3) is 0.294. The fourth-order valence-electron chi connectivity index (χ4n) is 3.55. The van der Waals surface area contributed by atoms with Gasteiger partial charge in [0.2, 0.25) is 0 Å². The van der Waals surface area contributed by atoms with Crippen LogP contribution >= 0.6 is 0 Å². The molecule has 1 aromatic carbocycles. The van der Waals surface area contributed by atoms with Crippen molar-refractivity contribution in [3.63, 3.8) is 0 Å². The van der Waals surface area contributed by atoms with E-state index in [-0.39, 0.29) is 29.1 Å². The summed E-state index contributed by atoms with van der Waals surface area (Å²) in [4.78, 5) is 2.21. The number of phenols is 2. The minimum absolute atomic E-state index is 0.0423. The summed E-state index contributed by atoms with van der Waals surface area (Å²) in [6, 6.07) is 3.40. The Bertz CT molecular complexity index is 760. The highest BCUT2D eigenvalue weighted by atomic mass is 16.3. The molecule has 0 bridgehead atoms. The van der Waals surface area contributed by atoms with E-state index in [1.54, 1.807) is 6.08 Å². The Kier molecular flexibility index (Phi) is 2.70. The second kappa shape index (κ2) is 4.50. The molecule has 2 aliphatic heterocycles. The molecule has 3 aliphatic rings. The number of rotatable bonds is 0. The fourth-order valence-corrected chi connectivity index (χ4v) is 3.55. The number of aliphatic hydroxyl groups excluding tert-OH is 2. The highest BCUT2D eigenvalue weighted by molar-refractivity contribution is 5.53. The van der Waals surface area contributed by atoms with Crippen LogP contribution in [0.2, 0.25) is 0 Å². The zero-order chi connectivity index (χ0) is 15.4. The van der Waals surface area contributed by atoms with Crippen LogP contribution < -0.4 is 0 Å². The predicted molar refractivity (Wildman–Crippen MR) is 79.4 cm³/mol. The Morgan fingerprint density at radius 2 is 1.95 bits per heavy atom. The van der Waals surface area contributed by atoms with E-state index in [2.05, 4.69) is 11.0 Å². The number of benzene rings is 1. The summed E-state index contributed by atoms with van der Waals surface area (Å²) in [6.07, 6.45) is 5.95. The molecule has 0 aromatic heterocycles. The maximum absolute atomic E-state index is 10.1. The van der Waals surface area contributed by atoms with Gasteiger partial charge in [-0.1, -0.05) is 6.07 Å². The van der Waals surface area contributed by atoms with Gasteiger partial charge in [0.05, 0.1) is 17.7 Å². The van der Waals surface area contributed by atoms with Crippen LogP contribution in [0.3, 0.4) is 0 Å². The van der Waals surface area contributed by atoms with Crippen molar-refractivity contribution >= 4 is 0 Å². The summed E-state index contributed by atoms with van der Waals surface area (Å²) in [5.41, 5.74) is 3.66. The topological polar surface area (TPSA) is 84.2 Å². The van der Waals surface area contributed by atoms with E-state index < -0.39 is 0 Å². The maximum Gasteiger partial charge on any atom is 0.331 e. The lowest BCUT2D eigenvalue weighted by Crippen LogP contribution is -2.46. The Morgan fingerprint density at radius 1 is 1.14 bits per heavy atom. The third-order valence-electron chi connectivity index (χ3n) is 4.73. The molecule has 1 unspecified atom stereocenters. The normalized spacial score (nSPS) is 23.7. The third kappa shape index (κ3) is 1.80. The largest absolute Gasteiger partial charge is 0.504 e. The lowest BCUT2D eigenvalue weighted by molar-refractivity contribution is 0.179. The van der Waals surface area contributed by atoms with Crippen LogP contribution in [-0.2, 0) is 13.0 Å². The summed E-state index contributed by atoms with van der Waals surface area (Å²) in [5, 5.41) is 39.1. The summed E-state index contributed by atoms with van der Waals surface area (Å²) < 4.78 is 0. The zero-order valence-corrected chi connectivity index (χ0v) is 11.9. The quantitative estimate of drug-likeness (QED) is 0.436. The minimum Gasteiger partial charge on any atom is -0.504 e. The first-order chi connectivity index (χ1) is 10.5. The minimum atomic E-state index is -0.222. The molecular formula is C17H16NO4+. The molecule has 1 atom stereocenters. The van der Waals surface area contributed by atoms with E-state index in [4.69, 9.17) is 0 Å². The van der Waals surface area contributed by atoms with Crippen LogP contribution in [0.5, 0.6) is 11.5 Å². The van der Waals surface area contributed by atoms with E-state index in [1.807, 2.05) is 6.07 Å². The van der Waals surface area contributed by atoms with Crippen LogP contribution in [0.4, 0.5) is 0 Å². The standard InChI is InChI=1S/C17H15NO4/c19-14-2-1-9-5-13-11-7-16(21)15(20)6-10(11)3-4-18(13)8-12(9)17(14)22/h1-2,6,13H,3-5,8H2,(H3-,19,20,21,22)/p+1. The molecule has 0 saturated carbocycles. The molecule has 0 amide bonds. The van der Waals surface area contributed by atoms with Crippen molar-refractivity contribution in [2.75, 3.05) is 6.54 Å². The van der Waals surface area contributed by atoms with Crippen molar-refractivity contribution in [2.24, 2.45) is 0 Å². The van der Waals surface area contributed by atoms with Crippen molar-refractivity contribution in [3.05, 3.63) is 58.1 Å². The number of piperidine rings is 1. The predicted octanol–water partition coefficient (Wildman–Crippen LogP) is 2.23. The molecular weight excluding hydrogens is 282 g/mol. The molecule has 4 N–H and O–H groups in total. The SMILES string of the molecule is OC1=C(O)C=C2CCN3Cc4c(ccc(O)c4O)CC3C2=[C+]1. The Labute approximate surface area is 127 Å². The number of aliphatic hydroxyl groups is 2. The van der Waals surface area contributed by atoms with Crippen LogP contribution in [0.1, 0.15) is 17.5 Å². The molecule has 22 heavy (non-hydrogen) atoms. The smallest absolute Gasteiger partial charge is 0.331 e. The summed E-state index contributed by atoms with van der Waals surface area (Å²) >= 11 is 0. The molecule has 5 heteroatoms. The van der Waals surface area contributed by atoms with Gasteiger partial charge in [0.1, 0.15) is 11.6 Å². The number of allylic oxidation sites excluding steroid dienone is 2. The average Bonchev–Trinajstić information content (AvgIpc) is 2.51. The molecule has 5 nitrogen and oxygen atoms in total. The molecule has 1 fully saturated rings. The summed E-state index contributed by atoms with van der Waals surface area (Å²) in [6.45, 7) is 1.35. The number of phenolic OH excluding ortho intramolecular Hbond substituents is 2. The molecule has 0 radical (unpaired) electrons. The van der Waals surface area contributed by atoms with Gasteiger partial charge in [0, 0.05) is 25.1 Å². The molecule has 1 saturated heterocycles.